The highest BCUT2D eigenvalue weighted by Gasteiger charge is 2.16. The van der Waals surface area contributed by atoms with E-state index in [0.717, 1.165) is 12.0 Å². The number of ether oxygens (including phenoxy) is 2. The molecule has 0 aliphatic carbocycles. The maximum Gasteiger partial charge on any atom is 0.224 e. The predicted octanol–water partition coefficient (Wildman–Crippen LogP) is 1.79. The molecule has 2 rings (SSSR count). The van der Waals surface area contributed by atoms with Crippen LogP contribution in [0.5, 0.6) is 11.5 Å². The topological polar surface area (TPSA) is 47.6 Å². The number of benzene rings is 1. The Morgan fingerprint density at radius 3 is 2.94 bits per heavy atom. The van der Waals surface area contributed by atoms with Gasteiger partial charge >= 0.3 is 0 Å². The molecule has 1 heterocycles. The van der Waals surface area contributed by atoms with Gasteiger partial charge in [-0.3, -0.25) is 4.79 Å². The number of likely N-dealkylation sites (N-methyl/N-ethyl adjacent to an activating group) is 1. The molecule has 1 N–H and O–H groups in total. The Kier molecular flexibility index (Phi) is 3.74. The van der Waals surface area contributed by atoms with Gasteiger partial charge in [-0.1, -0.05) is 11.6 Å². The van der Waals surface area contributed by atoms with Gasteiger partial charge in [0.15, 0.2) is 11.5 Å². The van der Waals surface area contributed by atoms with Crippen LogP contribution in [0.15, 0.2) is 12.1 Å². The number of rotatable bonds is 2. The Labute approximate surface area is 105 Å². The van der Waals surface area contributed by atoms with E-state index in [-0.39, 0.29) is 12.3 Å². The summed E-state index contributed by atoms with van der Waals surface area (Å²) in [5, 5.41) is 3.06. The number of hydrogen-bond donors (Lipinski definition) is 1. The SMILES string of the molecule is CNC(=O)Cc1cc(Cl)c2c(c1)OCCCO2. The molecule has 0 saturated carbocycles. The molecule has 0 saturated heterocycles. The molecule has 5 heteroatoms. The minimum Gasteiger partial charge on any atom is -0.489 e. The smallest absolute Gasteiger partial charge is 0.224 e. The van der Waals surface area contributed by atoms with Crippen molar-refractivity contribution in [3.8, 4) is 11.5 Å². The molecule has 4 nitrogen and oxygen atoms in total. The number of carbonyl (C=O) groups excluding carboxylic acids is 1. The van der Waals surface area contributed by atoms with Gasteiger partial charge in [0.1, 0.15) is 0 Å². The Morgan fingerprint density at radius 2 is 2.18 bits per heavy atom. The van der Waals surface area contributed by atoms with E-state index in [0.29, 0.717) is 29.7 Å². The van der Waals surface area contributed by atoms with Gasteiger partial charge in [-0.2, -0.15) is 0 Å². The van der Waals surface area contributed by atoms with Crippen LogP contribution >= 0.6 is 11.6 Å². The third-order valence-electron chi connectivity index (χ3n) is 2.51. The molecule has 1 aliphatic heterocycles. The van der Waals surface area contributed by atoms with Crippen molar-refractivity contribution >= 4 is 17.5 Å². The van der Waals surface area contributed by atoms with Gasteiger partial charge < -0.3 is 14.8 Å². The highest BCUT2D eigenvalue weighted by molar-refractivity contribution is 6.32. The summed E-state index contributed by atoms with van der Waals surface area (Å²) in [6.45, 7) is 1.20. The molecular weight excluding hydrogens is 242 g/mol. The van der Waals surface area contributed by atoms with E-state index in [4.69, 9.17) is 21.1 Å². The van der Waals surface area contributed by atoms with E-state index in [1.54, 1.807) is 13.1 Å². The van der Waals surface area contributed by atoms with Gasteiger partial charge in [-0.15, -0.1) is 0 Å². The second-order valence-electron chi connectivity index (χ2n) is 3.81. The average molecular weight is 256 g/mol. The van der Waals surface area contributed by atoms with Crippen LogP contribution < -0.4 is 14.8 Å². The summed E-state index contributed by atoms with van der Waals surface area (Å²) in [5.74, 6) is 1.13. The maximum atomic E-state index is 11.3. The van der Waals surface area contributed by atoms with Crippen molar-refractivity contribution in [3.05, 3.63) is 22.7 Å². The first-order valence-electron chi connectivity index (χ1n) is 5.49. The molecule has 0 unspecified atom stereocenters. The van der Waals surface area contributed by atoms with Crippen molar-refractivity contribution in [2.24, 2.45) is 0 Å². The van der Waals surface area contributed by atoms with Crippen LogP contribution in [0.3, 0.4) is 0 Å². The summed E-state index contributed by atoms with van der Waals surface area (Å²) < 4.78 is 11.1. The zero-order valence-electron chi connectivity index (χ0n) is 9.59. The number of amides is 1. The van der Waals surface area contributed by atoms with Gasteiger partial charge in [0.2, 0.25) is 5.91 Å². The lowest BCUT2D eigenvalue weighted by molar-refractivity contribution is -0.119. The van der Waals surface area contributed by atoms with Crippen molar-refractivity contribution in [2.75, 3.05) is 20.3 Å². The van der Waals surface area contributed by atoms with E-state index in [2.05, 4.69) is 5.32 Å². The second-order valence-corrected chi connectivity index (χ2v) is 4.21. The van der Waals surface area contributed by atoms with Crippen LogP contribution in [0.25, 0.3) is 0 Å². The van der Waals surface area contributed by atoms with E-state index < -0.39 is 0 Å². The minimum atomic E-state index is -0.0597. The first kappa shape index (κ1) is 12.0. The average Bonchev–Trinajstić information content (AvgIpc) is 2.54. The third kappa shape index (κ3) is 2.82. The minimum absolute atomic E-state index is 0.0597. The fraction of sp³-hybridized carbons (Fsp3) is 0.417. The summed E-state index contributed by atoms with van der Waals surface area (Å²) in [6.07, 6.45) is 1.11. The molecule has 1 aromatic carbocycles. The number of nitrogens with one attached hydrogen (secondary N) is 1. The summed E-state index contributed by atoms with van der Waals surface area (Å²) >= 11 is 6.11. The molecule has 1 aliphatic rings. The summed E-state index contributed by atoms with van der Waals surface area (Å²) in [5.41, 5.74) is 0.818. The predicted molar refractivity (Wildman–Crippen MR) is 64.8 cm³/mol. The Bertz CT molecular complexity index is 434. The van der Waals surface area contributed by atoms with Gasteiger partial charge in [-0.05, 0) is 17.7 Å². The molecule has 0 aromatic heterocycles. The fourth-order valence-corrected chi connectivity index (χ4v) is 1.95. The number of fused-ring (bicyclic) bond motifs is 1. The molecule has 0 spiro atoms. The Hall–Kier alpha value is -1.42. The van der Waals surface area contributed by atoms with Crippen LogP contribution in [0.1, 0.15) is 12.0 Å². The normalized spacial score (nSPS) is 14.0. The molecular formula is C12H14ClNO3. The first-order valence-corrected chi connectivity index (χ1v) is 5.87. The van der Waals surface area contributed by atoms with Gasteiger partial charge in [0.05, 0.1) is 24.7 Å². The number of carbonyl (C=O) groups is 1. The molecule has 0 fully saturated rings. The molecule has 92 valence electrons. The van der Waals surface area contributed by atoms with E-state index in [9.17, 15) is 4.79 Å². The lowest BCUT2D eigenvalue weighted by atomic mass is 10.1. The Balaban J connectivity index is 2.28. The number of halogens is 1. The molecule has 1 aromatic rings. The zero-order chi connectivity index (χ0) is 12.3. The quantitative estimate of drug-likeness (QED) is 0.877. The molecule has 0 radical (unpaired) electrons. The van der Waals surface area contributed by atoms with Gasteiger partial charge in [0.25, 0.3) is 0 Å². The summed E-state index contributed by atoms with van der Waals surface area (Å²) in [6, 6.07) is 3.55. The van der Waals surface area contributed by atoms with E-state index in [1.807, 2.05) is 6.07 Å². The molecule has 17 heavy (non-hydrogen) atoms. The van der Waals surface area contributed by atoms with Gasteiger partial charge in [-0.25, -0.2) is 0 Å². The molecule has 0 bridgehead atoms. The second kappa shape index (κ2) is 5.27. The van der Waals surface area contributed by atoms with Gasteiger partial charge in [0, 0.05) is 13.5 Å². The van der Waals surface area contributed by atoms with E-state index >= 15 is 0 Å². The monoisotopic (exact) mass is 255 g/mol. The highest BCUT2D eigenvalue weighted by Crippen LogP contribution is 2.38. The third-order valence-corrected chi connectivity index (χ3v) is 2.79. The standard InChI is InChI=1S/C12H14ClNO3/c1-14-11(15)7-8-5-9(13)12-10(6-8)16-3-2-4-17-12/h5-6H,2-4,7H2,1H3,(H,14,15). The zero-order valence-corrected chi connectivity index (χ0v) is 10.3. The molecule has 1 amide bonds. The van der Waals surface area contributed by atoms with Crippen molar-refractivity contribution in [2.45, 2.75) is 12.8 Å². The van der Waals surface area contributed by atoms with Crippen molar-refractivity contribution in [3.63, 3.8) is 0 Å². The van der Waals surface area contributed by atoms with Crippen molar-refractivity contribution < 1.29 is 14.3 Å². The van der Waals surface area contributed by atoms with Crippen LogP contribution in [-0.2, 0) is 11.2 Å². The number of hydrogen-bond acceptors (Lipinski definition) is 3. The maximum absolute atomic E-state index is 11.3. The van der Waals surface area contributed by atoms with Crippen molar-refractivity contribution in [1.29, 1.82) is 0 Å². The van der Waals surface area contributed by atoms with Crippen molar-refractivity contribution in [1.82, 2.24) is 5.32 Å². The summed E-state index contributed by atoms with van der Waals surface area (Å²) in [4.78, 5) is 11.3. The first-order chi connectivity index (χ1) is 8.20. The van der Waals surface area contributed by atoms with Crippen LogP contribution in [0.4, 0.5) is 0 Å². The summed E-state index contributed by atoms with van der Waals surface area (Å²) in [7, 11) is 1.60. The van der Waals surface area contributed by atoms with E-state index in [1.165, 1.54) is 0 Å². The van der Waals surface area contributed by atoms with Crippen LogP contribution in [-0.4, -0.2) is 26.2 Å². The lowest BCUT2D eigenvalue weighted by Crippen LogP contribution is -2.19. The Morgan fingerprint density at radius 1 is 1.41 bits per heavy atom. The largest absolute Gasteiger partial charge is 0.489 e. The van der Waals surface area contributed by atoms with Crippen LogP contribution in [0, 0.1) is 0 Å². The molecule has 0 atom stereocenters. The lowest BCUT2D eigenvalue weighted by Gasteiger charge is -2.11. The highest BCUT2D eigenvalue weighted by atomic mass is 35.5. The fourth-order valence-electron chi connectivity index (χ4n) is 1.66. The van der Waals surface area contributed by atoms with Crippen LogP contribution in [0.2, 0.25) is 5.02 Å².